The maximum absolute atomic E-state index is 12.7. The second kappa shape index (κ2) is 11.0. The van der Waals surface area contributed by atoms with Crippen LogP contribution in [0.1, 0.15) is 74.7 Å². The molecule has 0 aliphatic rings. The van der Waals surface area contributed by atoms with E-state index in [0.717, 1.165) is 40.9 Å². The molecule has 1 atom stereocenters. The largest absolute Gasteiger partial charge is 0.500 e. The molecule has 0 saturated carbocycles. The number of aliphatic hydroxyl groups excluding tert-OH is 2. The number of nitrogens with zero attached hydrogens (tertiary/aromatic N) is 1. The lowest BCUT2D eigenvalue weighted by molar-refractivity contribution is 0.0216. The summed E-state index contributed by atoms with van der Waals surface area (Å²) in [7, 11) is 1.51. The molecule has 7 heteroatoms. The van der Waals surface area contributed by atoms with E-state index in [9.17, 15) is 9.90 Å². The molecule has 3 aromatic rings. The Kier molecular flexibility index (Phi) is 8.38. The van der Waals surface area contributed by atoms with Crippen molar-refractivity contribution in [1.82, 2.24) is 4.90 Å². The maximum Gasteiger partial charge on any atom is 0.500 e. The average molecular weight is 511 g/mol. The number of ether oxygens (including phenoxy) is 1. The predicted molar refractivity (Wildman–Crippen MR) is 146 cm³/mol. The van der Waals surface area contributed by atoms with Crippen molar-refractivity contribution in [3.05, 3.63) is 64.9 Å². The minimum absolute atomic E-state index is 0.228. The smallest absolute Gasteiger partial charge is 0.491 e. The highest BCUT2D eigenvalue weighted by Gasteiger charge is 2.35. The number of aliphatic hydroxyl groups is 1. The lowest BCUT2D eigenvalue weighted by Crippen LogP contribution is -2.32. The van der Waals surface area contributed by atoms with Crippen LogP contribution in [0.2, 0.25) is 0 Å². The van der Waals surface area contributed by atoms with Gasteiger partial charge in [0.1, 0.15) is 23.7 Å². The maximum atomic E-state index is 12.7. The van der Waals surface area contributed by atoms with Crippen molar-refractivity contribution in [3.63, 3.8) is 0 Å². The van der Waals surface area contributed by atoms with E-state index in [-0.39, 0.29) is 29.9 Å². The molecule has 37 heavy (non-hydrogen) atoms. The molecule has 2 aromatic carbocycles. The molecule has 7 nitrogen and oxygen atoms in total. The zero-order valence-corrected chi connectivity index (χ0v) is 23.0. The van der Waals surface area contributed by atoms with Crippen molar-refractivity contribution in [2.45, 2.75) is 65.9 Å². The lowest BCUT2D eigenvalue weighted by atomic mass is 9.73. The Balaban J connectivity index is 1.93. The number of rotatable bonds is 10. The van der Waals surface area contributed by atoms with E-state index >= 15 is 0 Å². The second-order valence-electron chi connectivity index (χ2n) is 10.9. The second-order valence-corrected chi connectivity index (χ2v) is 10.9. The zero-order chi connectivity index (χ0) is 27.5. The molecule has 3 rings (SSSR count). The fourth-order valence-electron chi connectivity index (χ4n) is 4.59. The fourth-order valence-corrected chi connectivity index (χ4v) is 4.59. The van der Waals surface area contributed by atoms with Gasteiger partial charge in [-0.1, -0.05) is 46.8 Å². The normalized spacial score (nSPS) is 13.0. The number of carbonyl (C=O) groups is 1. The minimum Gasteiger partial charge on any atom is -0.491 e. The molecule has 3 N–H and O–H groups in total. The average Bonchev–Trinajstić information content (AvgIpc) is 3.26. The van der Waals surface area contributed by atoms with Gasteiger partial charge in [0.05, 0.1) is 11.5 Å². The summed E-state index contributed by atoms with van der Waals surface area (Å²) in [6, 6.07) is 13.4. The molecule has 1 unspecified atom stereocenters. The number of hydrogen-bond acceptors (Lipinski definition) is 4. The van der Waals surface area contributed by atoms with Gasteiger partial charge in [0.25, 0.3) is 5.91 Å². The fraction of sp³-hybridized carbons (Fsp3) is 0.467. The molecule has 1 aromatic heterocycles. The summed E-state index contributed by atoms with van der Waals surface area (Å²) in [5.41, 5.74) is 2.60. The summed E-state index contributed by atoms with van der Waals surface area (Å²) in [6.45, 7) is 12.2. The number of fused-ring (bicyclic) bond motifs is 1. The molecule has 1 amide bonds. The monoisotopic (exact) mass is 510 g/mol. The molecule has 0 spiro atoms. The zero-order valence-electron chi connectivity index (χ0n) is 23.0. The van der Waals surface area contributed by atoms with Gasteiger partial charge in [-0.05, 0) is 66.6 Å². The van der Waals surface area contributed by atoms with Crippen LogP contribution in [0, 0.1) is 12.3 Å². The number of furan rings is 1. The van der Waals surface area contributed by atoms with Gasteiger partial charge in [-0.25, -0.2) is 0 Å². The molecule has 0 bridgehead atoms. The summed E-state index contributed by atoms with van der Waals surface area (Å²) >= 11 is 0. The highest BCUT2D eigenvalue weighted by molar-refractivity contribution is 5.99. The standard InChI is InChI=1S/C30H39NO6/c1-8-30(9-2,22-11-13-23(19(3)14-22)36-18-25(32)29(4,5)6)26-16-21-15-20(10-12-24(21)37-26)28(35)31(7)17-27(33)34/h10-16,25,32H,8-9,17-18H2,1-7H3,(H,33,34)/p+1. The van der Waals surface area contributed by atoms with Crippen LogP contribution in [-0.2, 0) is 5.41 Å². The summed E-state index contributed by atoms with van der Waals surface area (Å²) in [5.74, 6) is 0.444. The topological polar surface area (TPSA) is 105 Å². The highest BCUT2D eigenvalue weighted by atomic mass is 16.5. The molecular formula is C30H40NO6+. The van der Waals surface area contributed by atoms with Crippen LogP contribution in [0.3, 0.4) is 0 Å². The van der Waals surface area contributed by atoms with Gasteiger partial charge in [-0.2, -0.15) is 0 Å². The van der Waals surface area contributed by atoms with Crippen LogP contribution in [0.15, 0.2) is 46.9 Å². The first kappa shape index (κ1) is 28.3. The lowest BCUT2D eigenvalue weighted by Gasteiger charge is -2.31. The Hall–Kier alpha value is -3.32. The van der Waals surface area contributed by atoms with E-state index < -0.39 is 12.1 Å². The Morgan fingerprint density at radius 3 is 2.35 bits per heavy atom. The molecule has 0 saturated heterocycles. The van der Waals surface area contributed by atoms with E-state index in [0.29, 0.717) is 11.1 Å². The number of aryl methyl sites for hydroxylation is 1. The Bertz CT molecular complexity index is 1260. The SMILES string of the molecule is CCC(CC)(c1ccc(OCC(O)C(C)(C)C)c(C)c1)c1cc2cc(C(=O)N(C)CC(O)=[OH+])ccc2o1. The van der Waals surface area contributed by atoms with Crippen LogP contribution in [-0.4, -0.2) is 58.1 Å². The quantitative estimate of drug-likeness (QED) is 0.337. The number of amides is 1. The van der Waals surface area contributed by atoms with Gasteiger partial charge in [0.15, 0.2) is 6.54 Å². The van der Waals surface area contributed by atoms with Gasteiger partial charge in [0, 0.05) is 18.0 Å². The van der Waals surface area contributed by atoms with Crippen molar-refractivity contribution >= 4 is 22.8 Å². The van der Waals surface area contributed by atoms with Gasteiger partial charge in [-0.15, -0.1) is 0 Å². The molecule has 0 radical (unpaired) electrons. The minimum atomic E-state index is -0.810. The summed E-state index contributed by atoms with van der Waals surface area (Å²) in [6.07, 6.45) is 1.05. The Morgan fingerprint density at radius 2 is 1.78 bits per heavy atom. The third-order valence-corrected chi connectivity index (χ3v) is 7.29. The first-order chi connectivity index (χ1) is 17.3. The number of likely N-dealkylation sites (N-methyl/N-ethyl adjacent to an activating group) is 1. The van der Waals surface area contributed by atoms with Crippen LogP contribution in [0.5, 0.6) is 5.75 Å². The number of carbonyl (C=O) groups excluding carboxylic acids is 1. The van der Waals surface area contributed by atoms with Crippen molar-refractivity contribution in [2.75, 3.05) is 20.2 Å². The number of carboxylic acids is 1. The van der Waals surface area contributed by atoms with Gasteiger partial charge in [0.2, 0.25) is 0 Å². The Labute approximate surface area is 219 Å². The summed E-state index contributed by atoms with van der Waals surface area (Å²) < 4.78 is 12.3. The van der Waals surface area contributed by atoms with Crippen molar-refractivity contribution < 1.29 is 29.0 Å². The third kappa shape index (κ3) is 5.99. The van der Waals surface area contributed by atoms with E-state index in [4.69, 9.17) is 19.1 Å². The van der Waals surface area contributed by atoms with Crippen LogP contribution in [0.4, 0.5) is 0 Å². The van der Waals surface area contributed by atoms with Crippen LogP contribution in [0.25, 0.3) is 11.0 Å². The van der Waals surface area contributed by atoms with Crippen molar-refractivity contribution in [3.8, 4) is 5.75 Å². The van der Waals surface area contributed by atoms with E-state index in [1.165, 1.54) is 11.9 Å². The molecule has 0 aliphatic heterocycles. The number of carboxylic acid groups (broad SMARTS) is 1. The summed E-state index contributed by atoms with van der Waals surface area (Å²) in [5, 5.41) is 20.3. The number of benzene rings is 2. The first-order valence-electron chi connectivity index (χ1n) is 12.8. The van der Waals surface area contributed by atoms with Crippen LogP contribution >= 0.6 is 0 Å². The van der Waals surface area contributed by atoms with E-state index in [1.54, 1.807) is 18.2 Å². The molecule has 0 aliphatic carbocycles. The number of aliphatic carboxylic acids is 1. The van der Waals surface area contributed by atoms with E-state index in [1.807, 2.05) is 39.8 Å². The predicted octanol–water partition coefficient (Wildman–Crippen LogP) is 5.77. The molecule has 200 valence electrons. The number of hydrogen-bond donors (Lipinski definition) is 2. The molecule has 1 heterocycles. The van der Waals surface area contributed by atoms with Crippen molar-refractivity contribution in [2.24, 2.45) is 5.41 Å². The molecular weight excluding hydrogens is 470 g/mol. The summed E-state index contributed by atoms with van der Waals surface area (Å²) in [4.78, 5) is 23.1. The van der Waals surface area contributed by atoms with E-state index in [2.05, 4.69) is 26.0 Å². The highest BCUT2D eigenvalue weighted by Crippen LogP contribution is 2.42. The van der Waals surface area contributed by atoms with Crippen LogP contribution < -0.4 is 4.74 Å². The Morgan fingerprint density at radius 1 is 1.11 bits per heavy atom. The third-order valence-electron chi connectivity index (χ3n) is 7.29. The first-order valence-corrected chi connectivity index (χ1v) is 12.8. The molecule has 0 fully saturated rings. The van der Waals surface area contributed by atoms with Gasteiger partial charge in [-0.3, -0.25) is 4.79 Å². The van der Waals surface area contributed by atoms with Crippen molar-refractivity contribution in [1.29, 1.82) is 0 Å². The van der Waals surface area contributed by atoms with Gasteiger partial charge < -0.3 is 29.1 Å². The van der Waals surface area contributed by atoms with Gasteiger partial charge >= 0.3 is 5.97 Å².